The number of rotatable bonds is 8. The fourth-order valence-electron chi connectivity index (χ4n) is 2.09. The van der Waals surface area contributed by atoms with Gasteiger partial charge in [-0.15, -0.1) is 11.8 Å². The van der Waals surface area contributed by atoms with E-state index in [1.807, 2.05) is 39.0 Å². The molecule has 22 heavy (non-hydrogen) atoms. The number of hydrogen-bond acceptors (Lipinski definition) is 3. The number of hydrogen-bond donors (Lipinski definition) is 1. The average molecular weight is 343 g/mol. The molecule has 2 amide bonds. The van der Waals surface area contributed by atoms with Crippen molar-refractivity contribution in [2.75, 3.05) is 24.6 Å². The normalized spacial score (nSPS) is 11.8. The van der Waals surface area contributed by atoms with E-state index in [-0.39, 0.29) is 23.6 Å². The highest BCUT2D eigenvalue weighted by atomic mass is 35.5. The summed E-state index contributed by atoms with van der Waals surface area (Å²) in [5, 5.41) is 3.54. The molecule has 1 N–H and O–H groups in total. The van der Waals surface area contributed by atoms with Crippen molar-refractivity contribution >= 4 is 35.2 Å². The summed E-state index contributed by atoms with van der Waals surface area (Å²) >= 11 is 7.44. The molecule has 0 saturated carbocycles. The van der Waals surface area contributed by atoms with Crippen LogP contribution < -0.4 is 5.32 Å². The molecule has 0 radical (unpaired) electrons. The van der Waals surface area contributed by atoms with Crippen LogP contribution in [-0.2, 0) is 9.59 Å². The average Bonchev–Trinajstić information content (AvgIpc) is 2.48. The molecule has 0 saturated heterocycles. The van der Waals surface area contributed by atoms with Crippen LogP contribution in [0, 0.1) is 0 Å². The second-order valence-corrected chi connectivity index (χ2v) is 6.26. The highest BCUT2D eigenvalue weighted by molar-refractivity contribution is 8.00. The third kappa shape index (κ3) is 5.89. The molecule has 1 aromatic carbocycles. The van der Waals surface area contributed by atoms with Crippen molar-refractivity contribution in [3.63, 3.8) is 0 Å². The molecular formula is C16H23ClN2O2S. The number of halogens is 1. The lowest BCUT2D eigenvalue weighted by Gasteiger charge is -2.18. The van der Waals surface area contributed by atoms with E-state index in [1.54, 1.807) is 11.0 Å². The van der Waals surface area contributed by atoms with Gasteiger partial charge in [-0.25, -0.2) is 0 Å². The Morgan fingerprint density at radius 1 is 1.23 bits per heavy atom. The molecule has 1 unspecified atom stereocenters. The van der Waals surface area contributed by atoms with Crippen molar-refractivity contribution in [1.82, 2.24) is 10.2 Å². The van der Waals surface area contributed by atoms with Gasteiger partial charge in [0.1, 0.15) is 0 Å². The number of amides is 2. The Labute approximate surface area is 141 Å². The maximum atomic E-state index is 11.9. The summed E-state index contributed by atoms with van der Waals surface area (Å²) in [6, 6.07) is 7.29. The second-order valence-electron chi connectivity index (χ2n) is 4.87. The number of benzene rings is 1. The zero-order valence-corrected chi connectivity index (χ0v) is 14.8. The molecule has 6 heteroatoms. The summed E-state index contributed by atoms with van der Waals surface area (Å²) in [4.78, 5) is 25.5. The van der Waals surface area contributed by atoms with E-state index >= 15 is 0 Å². The van der Waals surface area contributed by atoms with Crippen molar-refractivity contribution < 1.29 is 9.59 Å². The van der Waals surface area contributed by atoms with Gasteiger partial charge in [0.25, 0.3) is 0 Å². The van der Waals surface area contributed by atoms with Crippen LogP contribution in [-0.4, -0.2) is 41.3 Å². The molecule has 122 valence electrons. The van der Waals surface area contributed by atoms with Crippen LogP contribution in [0.1, 0.15) is 32.4 Å². The van der Waals surface area contributed by atoms with Crippen LogP contribution in [0.25, 0.3) is 0 Å². The standard InChI is InChI=1S/C16H23ClN2O2S/c1-4-19(5-2)16(21)11-22-10-15(20)18-12(3)13-8-6-7-9-14(13)17/h6-9,12H,4-5,10-11H2,1-3H3,(H,18,20). The van der Waals surface area contributed by atoms with Gasteiger partial charge in [-0.2, -0.15) is 0 Å². The van der Waals surface area contributed by atoms with Crippen molar-refractivity contribution in [2.45, 2.75) is 26.8 Å². The summed E-state index contributed by atoms with van der Waals surface area (Å²) in [5.74, 6) is 0.573. The summed E-state index contributed by atoms with van der Waals surface area (Å²) in [5.41, 5.74) is 0.890. The van der Waals surface area contributed by atoms with Crippen LogP contribution >= 0.6 is 23.4 Å². The van der Waals surface area contributed by atoms with E-state index in [4.69, 9.17) is 11.6 Å². The Hall–Kier alpha value is -1.20. The van der Waals surface area contributed by atoms with Gasteiger partial charge in [0, 0.05) is 18.1 Å². The van der Waals surface area contributed by atoms with Crippen LogP contribution in [0.5, 0.6) is 0 Å². The Bertz CT molecular complexity index is 507. The summed E-state index contributed by atoms with van der Waals surface area (Å²) in [6.45, 7) is 7.19. The van der Waals surface area contributed by atoms with E-state index in [1.165, 1.54) is 11.8 Å². The van der Waals surface area contributed by atoms with E-state index in [0.29, 0.717) is 23.9 Å². The van der Waals surface area contributed by atoms with Gasteiger partial charge >= 0.3 is 0 Å². The molecule has 0 aromatic heterocycles. The van der Waals surface area contributed by atoms with Gasteiger partial charge < -0.3 is 10.2 Å². The first-order chi connectivity index (χ1) is 10.5. The molecule has 1 rings (SSSR count). The minimum absolute atomic E-state index is 0.0713. The highest BCUT2D eigenvalue weighted by Crippen LogP contribution is 2.22. The minimum Gasteiger partial charge on any atom is -0.349 e. The Morgan fingerprint density at radius 2 is 1.86 bits per heavy atom. The SMILES string of the molecule is CCN(CC)C(=O)CSCC(=O)NC(C)c1ccccc1Cl. The lowest BCUT2D eigenvalue weighted by atomic mass is 10.1. The fourth-order valence-corrected chi connectivity index (χ4v) is 3.11. The van der Waals surface area contributed by atoms with Crippen LogP contribution in [0.2, 0.25) is 5.02 Å². The van der Waals surface area contributed by atoms with Gasteiger partial charge in [-0.3, -0.25) is 9.59 Å². The van der Waals surface area contributed by atoms with E-state index < -0.39 is 0 Å². The topological polar surface area (TPSA) is 49.4 Å². The third-order valence-corrected chi connectivity index (χ3v) is 4.59. The van der Waals surface area contributed by atoms with E-state index in [9.17, 15) is 9.59 Å². The van der Waals surface area contributed by atoms with Crippen molar-refractivity contribution in [2.24, 2.45) is 0 Å². The summed E-state index contributed by atoms with van der Waals surface area (Å²) in [7, 11) is 0. The molecule has 1 aromatic rings. The number of nitrogens with one attached hydrogen (secondary N) is 1. The molecule has 0 aliphatic heterocycles. The van der Waals surface area contributed by atoms with E-state index in [2.05, 4.69) is 5.32 Å². The first-order valence-corrected chi connectivity index (χ1v) is 8.92. The van der Waals surface area contributed by atoms with Gasteiger partial charge in [0.2, 0.25) is 11.8 Å². The number of thioether (sulfide) groups is 1. The van der Waals surface area contributed by atoms with Gasteiger partial charge in [0.05, 0.1) is 17.5 Å². The fraction of sp³-hybridized carbons (Fsp3) is 0.500. The Balaban J connectivity index is 2.38. The minimum atomic E-state index is -0.153. The Morgan fingerprint density at radius 3 is 2.45 bits per heavy atom. The zero-order chi connectivity index (χ0) is 16.5. The molecule has 0 heterocycles. The molecule has 0 fully saturated rings. The second kappa shape index (κ2) is 9.74. The highest BCUT2D eigenvalue weighted by Gasteiger charge is 2.14. The van der Waals surface area contributed by atoms with E-state index in [0.717, 1.165) is 5.56 Å². The molecule has 0 spiro atoms. The lowest BCUT2D eigenvalue weighted by Crippen LogP contribution is -2.33. The van der Waals surface area contributed by atoms with Crippen LogP contribution in [0.15, 0.2) is 24.3 Å². The quantitative estimate of drug-likeness (QED) is 0.789. The number of nitrogens with zero attached hydrogens (tertiary/aromatic N) is 1. The van der Waals surface area contributed by atoms with Crippen molar-refractivity contribution in [1.29, 1.82) is 0 Å². The van der Waals surface area contributed by atoms with Gasteiger partial charge in [-0.1, -0.05) is 29.8 Å². The smallest absolute Gasteiger partial charge is 0.232 e. The molecule has 0 bridgehead atoms. The van der Waals surface area contributed by atoms with Crippen LogP contribution in [0.3, 0.4) is 0 Å². The van der Waals surface area contributed by atoms with Gasteiger partial charge in [-0.05, 0) is 32.4 Å². The van der Waals surface area contributed by atoms with Crippen molar-refractivity contribution in [3.8, 4) is 0 Å². The largest absolute Gasteiger partial charge is 0.349 e. The Kier molecular flexibility index (Phi) is 8.35. The monoisotopic (exact) mass is 342 g/mol. The molecule has 0 aliphatic carbocycles. The molecule has 1 atom stereocenters. The summed E-state index contributed by atoms with van der Waals surface area (Å²) in [6.07, 6.45) is 0. The number of carbonyl (C=O) groups excluding carboxylic acids is 2. The first kappa shape index (κ1) is 18.8. The predicted molar refractivity (Wildman–Crippen MR) is 93.3 cm³/mol. The first-order valence-electron chi connectivity index (χ1n) is 7.38. The van der Waals surface area contributed by atoms with Gasteiger partial charge in [0.15, 0.2) is 0 Å². The molecule has 0 aliphatic rings. The summed E-state index contributed by atoms with van der Waals surface area (Å²) < 4.78 is 0. The molecular weight excluding hydrogens is 320 g/mol. The van der Waals surface area contributed by atoms with Crippen LogP contribution in [0.4, 0.5) is 0 Å². The zero-order valence-electron chi connectivity index (χ0n) is 13.3. The third-order valence-electron chi connectivity index (χ3n) is 3.32. The van der Waals surface area contributed by atoms with Crippen molar-refractivity contribution in [3.05, 3.63) is 34.9 Å². The maximum Gasteiger partial charge on any atom is 0.232 e. The lowest BCUT2D eigenvalue weighted by molar-refractivity contribution is -0.127. The molecule has 4 nitrogen and oxygen atoms in total. The number of carbonyl (C=O) groups is 2. The predicted octanol–water partition coefficient (Wildman–Crippen LogP) is 3.12. The maximum absolute atomic E-state index is 11.9.